The Morgan fingerprint density at radius 2 is 2.05 bits per heavy atom. The van der Waals surface area contributed by atoms with E-state index in [1.54, 1.807) is 0 Å². The first-order chi connectivity index (χ1) is 9.67. The van der Waals surface area contributed by atoms with Gasteiger partial charge in [0.2, 0.25) is 0 Å². The van der Waals surface area contributed by atoms with Gasteiger partial charge in [-0.2, -0.15) is 5.10 Å². The number of unbranched alkanes of at least 4 members (excludes halogenated alkanes) is 1. The van der Waals surface area contributed by atoms with Crippen LogP contribution in [-0.4, -0.2) is 35.4 Å². The van der Waals surface area contributed by atoms with Crippen LogP contribution in [0.4, 0.5) is 0 Å². The van der Waals surface area contributed by atoms with Gasteiger partial charge in [-0.05, 0) is 39.7 Å². The summed E-state index contributed by atoms with van der Waals surface area (Å²) in [5.74, 6) is 0.925. The minimum atomic E-state index is 0.819. The average Bonchev–Trinajstić information content (AvgIpc) is 2.73. The number of hydrogen-bond donors (Lipinski definition) is 2. The van der Waals surface area contributed by atoms with Crippen molar-refractivity contribution in [2.24, 2.45) is 4.99 Å². The lowest BCUT2D eigenvalue weighted by atomic mass is 10.3. The second kappa shape index (κ2) is 9.39. The monoisotopic (exact) mass is 279 g/mol. The molecule has 2 N–H and O–H groups in total. The molecule has 0 bridgehead atoms. The lowest BCUT2D eigenvalue weighted by Crippen LogP contribution is -2.37. The van der Waals surface area contributed by atoms with E-state index < -0.39 is 0 Å². The molecular weight excluding hydrogens is 250 g/mol. The predicted octanol–water partition coefficient (Wildman–Crippen LogP) is 2.25. The van der Waals surface area contributed by atoms with Crippen LogP contribution in [0, 0.1) is 13.8 Å². The van der Waals surface area contributed by atoms with Crippen LogP contribution in [0.3, 0.4) is 0 Å². The molecule has 1 aromatic rings. The number of guanidine groups is 1. The lowest BCUT2D eigenvalue weighted by molar-refractivity contribution is 0.567. The fourth-order valence-electron chi connectivity index (χ4n) is 2.04. The first-order valence-corrected chi connectivity index (χ1v) is 7.70. The largest absolute Gasteiger partial charge is 0.357 e. The van der Waals surface area contributed by atoms with E-state index in [0.29, 0.717) is 0 Å². The zero-order chi connectivity index (χ0) is 14.8. The van der Waals surface area contributed by atoms with Crippen LogP contribution >= 0.6 is 0 Å². The van der Waals surface area contributed by atoms with Crippen molar-refractivity contribution < 1.29 is 0 Å². The number of nitrogens with one attached hydrogen (secondary N) is 2. The fraction of sp³-hybridized carbons (Fsp3) is 0.733. The van der Waals surface area contributed by atoms with E-state index in [1.807, 2.05) is 6.92 Å². The summed E-state index contributed by atoms with van der Waals surface area (Å²) in [4.78, 5) is 4.59. The summed E-state index contributed by atoms with van der Waals surface area (Å²) in [6, 6.07) is 2.11. The quantitative estimate of drug-likeness (QED) is 0.436. The molecule has 0 amide bonds. The Morgan fingerprint density at radius 3 is 2.65 bits per heavy atom. The van der Waals surface area contributed by atoms with Crippen molar-refractivity contribution >= 4 is 5.96 Å². The maximum atomic E-state index is 4.59. The Labute approximate surface area is 122 Å². The van der Waals surface area contributed by atoms with Gasteiger partial charge in [0.05, 0.1) is 5.69 Å². The molecule has 0 aliphatic carbocycles. The maximum Gasteiger partial charge on any atom is 0.191 e. The smallest absolute Gasteiger partial charge is 0.191 e. The molecule has 0 aromatic carbocycles. The highest BCUT2D eigenvalue weighted by Gasteiger charge is 2.00. The summed E-state index contributed by atoms with van der Waals surface area (Å²) < 4.78 is 2.06. The number of aromatic nitrogens is 2. The Hall–Kier alpha value is -1.52. The van der Waals surface area contributed by atoms with Crippen LogP contribution in [0.25, 0.3) is 0 Å². The molecule has 1 rings (SSSR count). The number of nitrogens with zero attached hydrogens (tertiary/aromatic N) is 3. The zero-order valence-electron chi connectivity index (χ0n) is 13.4. The molecule has 0 fully saturated rings. The van der Waals surface area contributed by atoms with Crippen LogP contribution in [0.5, 0.6) is 0 Å². The Bertz CT molecular complexity index is 408. The minimum absolute atomic E-state index is 0.819. The van der Waals surface area contributed by atoms with Crippen molar-refractivity contribution in [3.63, 3.8) is 0 Å². The third-order valence-corrected chi connectivity index (χ3v) is 3.07. The topological polar surface area (TPSA) is 54.2 Å². The number of rotatable bonds is 8. The maximum absolute atomic E-state index is 4.59. The van der Waals surface area contributed by atoms with E-state index in [-0.39, 0.29) is 0 Å². The van der Waals surface area contributed by atoms with Crippen molar-refractivity contribution in [2.75, 3.05) is 19.6 Å². The van der Waals surface area contributed by atoms with Crippen LogP contribution in [0.15, 0.2) is 11.1 Å². The SMILES string of the molecule is CCCCNC(=NCCCn1nc(C)cc1C)NCC. The van der Waals surface area contributed by atoms with Crippen molar-refractivity contribution in [3.05, 3.63) is 17.5 Å². The van der Waals surface area contributed by atoms with Crippen molar-refractivity contribution in [1.82, 2.24) is 20.4 Å². The molecule has 0 saturated carbocycles. The first-order valence-electron chi connectivity index (χ1n) is 7.70. The molecule has 5 heteroatoms. The van der Waals surface area contributed by atoms with Gasteiger partial charge >= 0.3 is 0 Å². The summed E-state index contributed by atoms with van der Waals surface area (Å²) in [6.45, 7) is 12.0. The fourth-order valence-corrected chi connectivity index (χ4v) is 2.04. The van der Waals surface area contributed by atoms with Gasteiger partial charge in [-0.1, -0.05) is 13.3 Å². The Balaban J connectivity index is 2.33. The molecule has 5 nitrogen and oxygen atoms in total. The molecule has 0 aliphatic rings. The summed E-state index contributed by atoms with van der Waals surface area (Å²) in [5.41, 5.74) is 2.31. The van der Waals surface area contributed by atoms with Gasteiger partial charge in [0.15, 0.2) is 5.96 Å². The third kappa shape index (κ3) is 6.08. The molecule has 0 radical (unpaired) electrons. The normalized spacial score (nSPS) is 11.7. The van der Waals surface area contributed by atoms with Crippen LogP contribution in [0.1, 0.15) is 44.5 Å². The van der Waals surface area contributed by atoms with E-state index in [0.717, 1.165) is 44.3 Å². The molecule has 0 saturated heterocycles. The molecule has 0 unspecified atom stereocenters. The van der Waals surface area contributed by atoms with Gasteiger partial charge in [-0.3, -0.25) is 9.67 Å². The number of aryl methyl sites for hydroxylation is 3. The Morgan fingerprint density at radius 1 is 1.25 bits per heavy atom. The second-order valence-electron chi connectivity index (χ2n) is 5.04. The van der Waals surface area contributed by atoms with Crippen LogP contribution in [0.2, 0.25) is 0 Å². The molecule has 0 atom stereocenters. The van der Waals surface area contributed by atoms with Gasteiger partial charge in [-0.15, -0.1) is 0 Å². The van der Waals surface area contributed by atoms with Gasteiger partial charge in [-0.25, -0.2) is 0 Å². The highest BCUT2D eigenvalue weighted by Crippen LogP contribution is 2.02. The van der Waals surface area contributed by atoms with Gasteiger partial charge < -0.3 is 10.6 Å². The third-order valence-electron chi connectivity index (χ3n) is 3.07. The van der Waals surface area contributed by atoms with E-state index in [2.05, 4.69) is 52.2 Å². The van der Waals surface area contributed by atoms with Crippen LogP contribution < -0.4 is 10.6 Å². The summed E-state index contributed by atoms with van der Waals surface area (Å²) in [6.07, 6.45) is 3.38. The van der Waals surface area contributed by atoms with Crippen molar-refractivity contribution in [2.45, 2.75) is 53.5 Å². The van der Waals surface area contributed by atoms with Crippen molar-refractivity contribution in [3.8, 4) is 0 Å². The average molecular weight is 279 g/mol. The Kier molecular flexibility index (Phi) is 7.77. The molecular formula is C15H29N5. The molecule has 114 valence electrons. The van der Waals surface area contributed by atoms with E-state index in [4.69, 9.17) is 0 Å². The minimum Gasteiger partial charge on any atom is -0.357 e. The molecule has 1 heterocycles. The van der Waals surface area contributed by atoms with Gasteiger partial charge in [0.1, 0.15) is 0 Å². The second-order valence-corrected chi connectivity index (χ2v) is 5.04. The lowest BCUT2D eigenvalue weighted by Gasteiger charge is -2.10. The van der Waals surface area contributed by atoms with E-state index in [1.165, 1.54) is 18.5 Å². The molecule has 0 aliphatic heterocycles. The van der Waals surface area contributed by atoms with Crippen LogP contribution in [-0.2, 0) is 6.54 Å². The summed E-state index contributed by atoms with van der Waals surface area (Å²) >= 11 is 0. The summed E-state index contributed by atoms with van der Waals surface area (Å²) in [7, 11) is 0. The molecule has 0 spiro atoms. The van der Waals surface area contributed by atoms with E-state index >= 15 is 0 Å². The van der Waals surface area contributed by atoms with Gasteiger partial charge in [0, 0.05) is 31.9 Å². The molecule has 20 heavy (non-hydrogen) atoms. The molecule has 1 aromatic heterocycles. The number of hydrogen-bond acceptors (Lipinski definition) is 2. The standard InChI is InChI=1S/C15H29N5/c1-5-7-9-17-15(16-6-2)18-10-8-11-20-14(4)12-13(3)19-20/h12H,5-11H2,1-4H3,(H2,16,17,18). The number of aliphatic imine (C=N–C) groups is 1. The summed E-state index contributed by atoms with van der Waals surface area (Å²) in [5, 5.41) is 11.1. The highest BCUT2D eigenvalue weighted by atomic mass is 15.3. The van der Waals surface area contributed by atoms with Gasteiger partial charge in [0.25, 0.3) is 0 Å². The zero-order valence-corrected chi connectivity index (χ0v) is 13.4. The van der Waals surface area contributed by atoms with Crippen molar-refractivity contribution in [1.29, 1.82) is 0 Å². The predicted molar refractivity (Wildman–Crippen MR) is 85.2 cm³/mol. The highest BCUT2D eigenvalue weighted by molar-refractivity contribution is 5.79. The van der Waals surface area contributed by atoms with E-state index in [9.17, 15) is 0 Å². The first kappa shape index (κ1) is 16.5.